The molecule has 0 amide bonds. The Morgan fingerprint density at radius 3 is 2.78 bits per heavy atom. The summed E-state index contributed by atoms with van der Waals surface area (Å²) in [6, 6.07) is 15.7. The summed E-state index contributed by atoms with van der Waals surface area (Å²) < 4.78 is 5.69. The molecule has 0 aliphatic heterocycles. The van der Waals surface area contributed by atoms with Crippen molar-refractivity contribution < 1.29 is 4.42 Å². The maximum absolute atomic E-state index is 8.66. The zero-order chi connectivity index (χ0) is 16.2. The number of nitrogens with zero attached hydrogens (tertiary/aromatic N) is 4. The molecule has 3 aromatic rings. The van der Waals surface area contributed by atoms with Crippen LogP contribution in [0.5, 0.6) is 0 Å². The summed E-state index contributed by atoms with van der Waals surface area (Å²) in [6.45, 7) is 0. The van der Waals surface area contributed by atoms with Crippen molar-refractivity contribution in [3.05, 3.63) is 47.5 Å². The van der Waals surface area contributed by atoms with E-state index >= 15 is 0 Å². The third-order valence-corrected chi connectivity index (χ3v) is 3.20. The van der Waals surface area contributed by atoms with Gasteiger partial charge >= 0.3 is 0 Å². The molecule has 0 aliphatic rings. The summed E-state index contributed by atoms with van der Waals surface area (Å²) in [7, 11) is 0. The fourth-order valence-electron chi connectivity index (χ4n) is 1.94. The highest BCUT2D eigenvalue weighted by molar-refractivity contribution is 6.31. The Kier molecular flexibility index (Phi) is 3.92. The van der Waals surface area contributed by atoms with Crippen LogP contribution in [-0.4, -0.2) is 10.7 Å². The number of hydrazone groups is 1. The molecule has 1 heterocycles. The van der Waals surface area contributed by atoms with E-state index < -0.39 is 0 Å². The van der Waals surface area contributed by atoms with Gasteiger partial charge in [0, 0.05) is 10.6 Å². The summed E-state index contributed by atoms with van der Waals surface area (Å²) >= 11 is 5.94. The van der Waals surface area contributed by atoms with Crippen molar-refractivity contribution in [1.82, 2.24) is 4.98 Å². The first kappa shape index (κ1) is 14.6. The quantitative estimate of drug-likeness (QED) is 0.581. The number of anilines is 1. The number of oxazole rings is 1. The van der Waals surface area contributed by atoms with E-state index in [-0.39, 0.29) is 5.71 Å². The molecule has 0 aliphatic carbocycles. The maximum atomic E-state index is 8.66. The first-order valence-corrected chi connectivity index (χ1v) is 6.88. The molecule has 0 unspecified atom stereocenters. The summed E-state index contributed by atoms with van der Waals surface area (Å²) in [5.41, 5.74) is 5.03. The fourth-order valence-corrected chi connectivity index (χ4v) is 2.11. The maximum Gasteiger partial charge on any atom is 0.237 e. The van der Waals surface area contributed by atoms with Crippen LogP contribution in [0.1, 0.15) is 0 Å². The largest absolute Gasteiger partial charge is 0.436 e. The van der Waals surface area contributed by atoms with E-state index in [2.05, 4.69) is 15.5 Å². The van der Waals surface area contributed by atoms with Crippen LogP contribution in [0.2, 0.25) is 5.02 Å². The van der Waals surface area contributed by atoms with Crippen LogP contribution in [0.15, 0.2) is 52.0 Å². The Morgan fingerprint density at radius 1 is 1.17 bits per heavy atom. The lowest BCUT2D eigenvalue weighted by Gasteiger charge is -2.01. The average molecular weight is 322 g/mol. The van der Waals surface area contributed by atoms with Crippen molar-refractivity contribution in [2.75, 3.05) is 5.43 Å². The fraction of sp³-hybridized carbons (Fsp3) is 0. The van der Waals surface area contributed by atoms with Crippen LogP contribution in [-0.2, 0) is 0 Å². The third-order valence-electron chi connectivity index (χ3n) is 2.97. The van der Waals surface area contributed by atoms with Gasteiger partial charge in [-0.15, -0.1) is 0 Å². The first-order valence-electron chi connectivity index (χ1n) is 6.50. The number of nitrogens with one attached hydrogen (secondary N) is 1. The predicted octanol–water partition coefficient (Wildman–Crippen LogP) is 3.96. The van der Waals surface area contributed by atoms with Gasteiger partial charge in [0.2, 0.25) is 11.6 Å². The molecule has 23 heavy (non-hydrogen) atoms. The van der Waals surface area contributed by atoms with Gasteiger partial charge in [0.1, 0.15) is 17.7 Å². The van der Waals surface area contributed by atoms with Crippen LogP contribution in [0, 0.1) is 22.7 Å². The molecule has 6 nitrogen and oxygen atoms in total. The van der Waals surface area contributed by atoms with E-state index in [1.807, 2.05) is 6.07 Å². The Labute approximate surface area is 136 Å². The van der Waals surface area contributed by atoms with E-state index in [9.17, 15) is 0 Å². The molecule has 0 saturated heterocycles. The zero-order valence-corrected chi connectivity index (χ0v) is 12.4. The average Bonchev–Trinajstić information content (AvgIpc) is 2.99. The SMILES string of the molecule is N#CC(C#N)=NNc1cccc(-c2nc3cc(Cl)ccc3o2)c1. The molecule has 0 spiro atoms. The Morgan fingerprint density at radius 2 is 2.00 bits per heavy atom. The van der Waals surface area contributed by atoms with Gasteiger partial charge in [0.15, 0.2) is 5.58 Å². The van der Waals surface area contributed by atoms with Gasteiger partial charge in [0.25, 0.3) is 0 Å². The standard InChI is InChI=1S/C16H8ClN5O/c17-11-4-5-15-14(7-11)20-16(23-15)10-2-1-3-12(6-10)21-22-13(8-18)9-19/h1-7,21H. The highest BCUT2D eigenvalue weighted by Crippen LogP contribution is 2.27. The molecule has 0 bridgehead atoms. The second-order valence-corrected chi connectivity index (χ2v) is 4.94. The molecule has 0 atom stereocenters. The molecule has 2 aromatic carbocycles. The monoisotopic (exact) mass is 321 g/mol. The van der Waals surface area contributed by atoms with E-state index in [0.29, 0.717) is 27.7 Å². The van der Waals surface area contributed by atoms with Gasteiger partial charge in [0.05, 0.1) is 5.69 Å². The number of halogens is 1. The van der Waals surface area contributed by atoms with Crippen molar-refractivity contribution in [2.24, 2.45) is 5.10 Å². The van der Waals surface area contributed by atoms with E-state index in [1.165, 1.54) is 0 Å². The minimum absolute atomic E-state index is 0.257. The van der Waals surface area contributed by atoms with Crippen LogP contribution in [0.4, 0.5) is 5.69 Å². The molecular weight excluding hydrogens is 314 g/mol. The number of hydrogen-bond acceptors (Lipinski definition) is 6. The Bertz CT molecular complexity index is 978. The van der Waals surface area contributed by atoms with Gasteiger partial charge < -0.3 is 4.42 Å². The second-order valence-electron chi connectivity index (χ2n) is 4.51. The Balaban J connectivity index is 1.94. The Hall–Kier alpha value is -3.35. The van der Waals surface area contributed by atoms with Crippen molar-refractivity contribution in [3.8, 4) is 23.6 Å². The summed E-state index contributed by atoms with van der Waals surface area (Å²) in [4.78, 5) is 4.39. The molecular formula is C16H8ClN5O. The van der Waals surface area contributed by atoms with Gasteiger partial charge in [-0.05, 0) is 36.4 Å². The normalized spacial score (nSPS) is 9.87. The van der Waals surface area contributed by atoms with Crippen LogP contribution >= 0.6 is 11.6 Å². The lowest BCUT2D eigenvalue weighted by atomic mass is 10.2. The minimum Gasteiger partial charge on any atom is -0.436 e. The van der Waals surface area contributed by atoms with E-state index in [0.717, 1.165) is 5.56 Å². The number of aromatic nitrogens is 1. The van der Waals surface area contributed by atoms with Crippen molar-refractivity contribution in [1.29, 1.82) is 10.5 Å². The second kappa shape index (κ2) is 6.18. The van der Waals surface area contributed by atoms with Crippen LogP contribution < -0.4 is 5.43 Å². The zero-order valence-electron chi connectivity index (χ0n) is 11.6. The smallest absolute Gasteiger partial charge is 0.237 e. The van der Waals surface area contributed by atoms with Crippen LogP contribution in [0.3, 0.4) is 0 Å². The summed E-state index contributed by atoms with van der Waals surface area (Å²) in [6.07, 6.45) is 0. The van der Waals surface area contributed by atoms with Gasteiger partial charge in [-0.3, -0.25) is 5.43 Å². The lowest BCUT2D eigenvalue weighted by molar-refractivity contribution is 0.620. The number of rotatable bonds is 3. The summed E-state index contributed by atoms with van der Waals surface area (Å²) in [5.74, 6) is 0.440. The topological polar surface area (TPSA) is 98.0 Å². The molecule has 0 radical (unpaired) electrons. The highest BCUT2D eigenvalue weighted by atomic mass is 35.5. The molecule has 7 heteroatoms. The van der Waals surface area contributed by atoms with E-state index in [4.69, 9.17) is 26.5 Å². The number of fused-ring (bicyclic) bond motifs is 1. The number of hydrogen-bond donors (Lipinski definition) is 1. The number of nitriles is 2. The van der Waals surface area contributed by atoms with E-state index in [1.54, 1.807) is 48.5 Å². The molecule has 0 saturated carbocycles. The van der Waals surface area contributed by atoms with Crippen molar-refractivity contribution in [3.63, 3.8) is 0 Å². The molecule has 1 aromatic heterocycles. The first-order chi connectivity index (χ1) is 11.2. The molecule has 110 valence electrons. The number of benzene rings is 2. The van der Waals surface area contributed by atoms with Crippen molar-refractivity contribution in [2.45, 2.75) is 0 Å². The summed E-state index contributed by atoms with van der Waals surface area (Å²) in [5, 5.41) is 21.6. The predicted molar refractivity (Wildman–Crippen MR) is 86.7 cm³/mol. The highest BCUT2D eigenvalue weighted by Gasteiger charge is 2.09. The van der Waals surface area contributed by atoms with Gasteiger partial charge in [-0.2, -0.15) is 15.6 Å². The molecule has 1 N–H and O–H groups in total. The molecule has 0 fully saturated rings. The van der Waals surface area contributed by atoms with Crippen molar-refractivity contribution >= 4 is 34.1 Å². The lowest BCUT2D eigenvalue weighted by Crippen LogP contribution is -1.96. The minimum atomic E-state index is -0.257. The van der Waals surface area contributed by atoms with Gasteiger partial charge in [-0.25, -0.2) is 4.98 Å². The van der Waals surface area contributed by atoms with Gasteiger partial charge in [-0.1, -0.05) is 17.7 Å². The van der Waals surface area contributed by atoms with Crippen LogP contribution in [0.25, 0.3) is 22.6 Å². The molecule has 3 rings (SSSR count). The third kappa shape index (κ3) is 3.13.